The molecule has 1 aromatic rings. The van der Waals surface area contributed by atoms with Crippen molar-refractivity contribution in [3.8, 4) is 0 Å². The first kappa shape index (κ1) is 26.8. The molecular formula is C23H33N5O6. The van der Waals surface area contributed by atoms with Crippen molar-refractivity contribution in [2.75, 3.05) is 40.0 Å². The van der Waals surface area contributed by atoms with Crippen LogP contribution in [0.5, 0.6) is 0 Å². The lowest BCUT2D eigenvalue weighted by Crippen LogP contribution is -2.48. The molecule has 0 saturated heterocycles. The number of ether oxygens (including phenoxy) is 1. The quantitative estimate of drug-likeness (QED) is 0.122. The first-order valence-electron chi connectivity index (χ1n) is 11.2. The van der Waals surface area contributed by atoms with Crippen LogP contribution in [0.15, 0.2) is 30.3 Å². The van der Waals surface area contributed by atoms with Crippen molar-refractivity contribution < 1.29 is 28.7 Å². The fourth-order valence-corrected chi connectivity index (χ4v) is 3.65. The average Bonchev–Trinajstić information content (AvgIpc) is 2.82. The smallest absolute Gasteiger partial charge is 0.241 e. The molecule has 11 nitrogen and oxygen atoms in total. The van der Waals surface area contributed by atoms with Crippen LogP contribution >= 0.6 is 0 Å². The van der Waals surface area contributed by atoms with Gasteiger partial charge in [-0.3, -0.25) is 24.0 Å². The monoisotopic (exact) mass is 475 g/mol. The first-order valence-corrected chi connectivity index (χ1v) is 11.2. The Kier molecular flexibility index (Phi) is 11.0. The van der Waals surface area contributed by atoms with Crippen LogP contribution in [-0.2, 0) is 35.1 Å². The van der Waals surface area contributed by atoms with E-state index < -0.39 is 29.1 Å². The van der Waals surface area contributed by atoms with Crippen LogP contribution in [-0.4, -0.2) is 70.1 Å². The molecule has 5 N–H and O–H groups in total. The summed E-state index contributed by atoms with van der Waals surface area (Å²) in [6, 6.07) is 9.30. The van der Waals surface area contributed by atoms with Gasteiger partial charge in [0.15, 0.2) is 0 Å². The molecular weight excluding hydrogens is 442 g/mol. The summed E-state index contributed by atoms with van der Waals surface area (Å²) >= 11 is 0. The molecule has 1 fully saturated rings. The molecule has 1 aliphatic rings. The van der Waals surface area contributed by atoms with Crippen LogP contribution in [0, 0.1) is 11.3 Å². The summed E-state index contributed by atoms with van der Waals surface area (Å²) in [7, 11) is 1.59. The van der Waals surface area contributed by atoms with Gasteiger partial charge in [-0.25, -0.2) is 0 Å². The summed E-state index contributed by atoms with van der Waals surface area (Å²) in [4.78, 5) is 58.9. The molecule has 0 heterocycles. The third kappa shape index (κ3) is 8.47. The molecule has 34 heavy (non-hydrogen) atoms. The largest absolute Gasteiger partial charge is 0.360 e. The number of benzene rings is 1. The van der Waals surface area contributed by atoms with Gasteiger partial charge in [-0.05, 0) is 24.8 Å². The third-order valence-corrected chi connectivity index (χ3v) is 5.78. The zero-order valence-corrected chi connectivity index (χ0v) is 19.4. The average molecular weight is 476 g/mol. The zero-order chi connectivity index (χ0) is 24.8. The molecule has 0 radical (unpaired) electrons. The van der Waals surface area contributed by atoms with Crippen LogP contribution < -0.4 is 26.6 Å². The van der Waals surface area contributed by atoms with Gasteiger partial charge in [-0.1, -0.05) is 36.8 Å². The van der Waals surface area contributed by atoms with Gasteiger partial charge in [-0.15, -0.1) is 0 Å². The molecule has 1 atom stereocenters. The minimum Gasteiger partial charge on any atom is -0.360 e. The minimum absolute atomic E-state index is 0.0480. The Morgan fingerprint density at radius 1 is 1.03 bits per heavy atom. The second kappa shape index (κ2) is 13.9. The maximum Gasteiger partial charge on any atom is 0.241 e. The van der Waals surface area contributed by atoms with E-state index in [0.717, 1.165) is 24.8 Å². The number of rotatable bonds is 15. The Labute approximate surface area is 198 Å². The van der Waals surface area contributed by atoms with Crippen LogP contribution in [0.4, 0.5) is 0 Å². The van der Waals surface area contributed by atoms with Crippen LogP contribution in [0.1, 0.15) is 24.8 Å². The van der Waals surface area contributed by atoms with E-state index in [4.69, 9.17) is 4.74 Å². The highest BCUT2D eigenvalue weighted by Gasteiger charge is 2.43. The van der Waals surface area contributed by atoms with Gasteiger partial charge in [-0.2, -0.15) is 0 Å². The molecule has 0 bridgehead atoms. The zero-order valence-electron chi connectivity index (χ0n) is 19.4. The van der Waals surface area contributed by atoms with Crippen molar-refractivity contribution in [2.45, 2.75) is 25.7 Å². The Bertz CT molecular complexity index is 844. The summed E-state index contributed by atoms with van der Waals surface area (Å²) in [5.41, 5.74) is 0.381. The fraction of sp³-hybridized carbons (Fsp3) is 0.522. The van der Waals surface area contributed by atoms with Crippen molar-refractivity contribution in [3.63, 3.8) is 0 Å². The molecule has 0 unspecified atom stereocenters. The van der Waals surface area contributed by atoms with E-state index >= 15 is 0 Å². The summed E-state index contributed by atoms with van der Waals surface area (Å²) < 4.78 is 5.48. The highest BCUT2D eigenvalue weighted by molar-refractivity contribution is 5.87. The van der Waals surface area contributed by atoms with Gasteiger partial charge in [0, 0.05) is 13.6 Å². The molecule has 1 saturated carbocycles. The van der Waals surface area contributed by atoms with E-state index in [2.05, 4.69) is 26.6 Å². The Balaban J connectivity index is 1.77. The lowest BCUT2D eigenvalue weighted by Gasteiger charge is -2.39. The van der Waals surface area contributed by atoms with Crippen LogP contribution in [0.25, 0.3) is 0 Å². The number of hydrogen-bond donors (Lipinski definition) is 5. The lowest BCUT2D eigenvalue weighted by molar-refractivity contribution is -0.142. The normalized spacial score (nSPS) is 14.6. The van der Waals surface area contributed by atoms with Gasteiger partial charge in [0.05, 0.1) is 31.0 Å². The van der Waals surface area contributed by atoms with E-state index in [1.807, 2.05) is 30.3 Å². The Morgan fingerprint density at radius 2 is 1.74 bits per heavy atom. The number of hydrogen-bond acceptors (Lipinski definition) is 6. The van der Waals surface area contributed by atoms with E-state index in [-0.39, 0.29) is 38.9 Å². The van der Waals surface area contributed by atoms with E-state index in [0.29, 0.717) is 12.8 Å². The van der Waals surface area contributed by atoms with Gasteiger partial charge in [0.25, 0.3) is 0 Å². The van der Waals surface area contributed by atoms with E-state index in [1.165, 1.54) is 0 Å². The maximum absolute atomic E-state index is 12.7. The van der Waals surface area contributed by atoms with E-state index in [9.17, 15) is 24.0 Å². The standard InChI is InChI=1S/C23H33N5O6/c1-24-22(33)23(8-5-9-23)14-34-16-28-20(31)13-27-21(32)18(10-17-6-3-2-4-7-17)11-26-19(30)12-25-15-29/h2-4,6-7,15,18H,5,8-14,16H2,1H3,(H,24,33)(H,25,29)(H,26,30)(H,27,32)(H,28,31)/t18-/m1/s1. The minimum atomic E-state index is -0.613. The molecule has 186 valence electrons. The van der Waals surface area contributed by atoms with Crippen LogP contribution in [0.3, 0.4) is 0 Å². The summed E-state index contributed by atoms with van der Waals surface area (Å²) in [5.74, 6) is -1.92. The first-order chi connectivity index (χ1) is 16.4. The summed E-state index contributed by atoms with van der Waals surface area (Å²) in [5, 5.41) is 12.7. The van der Waals surface area contributed by atoms with Gasteiger partial charge in [0.1, 0.15) is 6.73 Å². The van der Waals surface area contributed by atoms with Crippen molar-refractivity contribution in [1.82, 2.24) is 26.6 Å². The lowest BCUT2D eigenvalue weighted by atomic mass is 9.68. The Hall–Kier alpha value is -3.47. The predicted molar refractivity (Wildman–Crippen MR) is 123 cm³/mol. The molecule has 0 spiro atoms. The van der Waals surface area contributed by atoms with Gasteiger partial charge >= 0.3 is 0 Å². The topological polar surface area (TPSA) is 155 Å². The van der Waals surface area contributed by atoms with E-state index in [1.54, 1.807) is 7.05 Å². The maximum atomic E-state index is 12.7. The molecule has 5 amide bonds. The molecule has 1 aromatic carbocycles. The second-order valence-corrected chi connectivity index (χ2v) is 8.21. The number of carbonyl (C=O) groups excluding carboxylic acids is 5. The van der Waals surface area contributed by atoms with Crippen molar-refractivity contribution >= 4 is 30.0 Å². The SMILES string of the molecule is CNC(=O)C1(COCNC(=O)CNC(=O)[C@@H](CNC(=O)CNC=O)Cc2ccccc2)CCC1. The highest BCUT2D eigenvalue weighted by Crippen LogP contribution is 2.41. The van der Waals surface area contributed by atoms with Gasteiger partial charge < -0.3 is 31.3 Å². The van der Waals surface area contributed by atoms with Gasteiger partial charge in [0.2, 0.25) is 30.0 Å². The second-order valence-electron chi connectivity index (χ2n) is 8.21. The van der Waals surface area contributed by atoms with Crippen LogP contribution in [0.2, 0.25) is 0 Å². The van der Waals surface area contributed by atoms with Crippen molar-refractivity contribution in [3.05, 3.63) is 35.9 Å². The third-order valence-electron chi connectivity index (χ3n) is 5.78. The Morgan fingerprint density at radius 3 is 2.35 bits per heavy atom. The van der Waals surface area contributed by atoms with Crippen molar-refractivity contribution in [1.29, 1.82) is 0 Å². The fourth-order valence-electron chi connectivity index (χ4n) is 3.65. The highest BCUT2D eigenvalue weighted by atomic mass is 16.5. The summed E-state index contributed by atoms with van der Waals surface area (Å²) in [6.07, 6.45) is 3.25. The van der Waals surface area contributed by atoms with Crippen molar-refractivity contribution in [2.24, 2.45) is 11.3 Å². The molecule has 11 heteroatoms. The predicted octanol–water partition coefficient (Wildman–Crippen LogP) is -1.17. The number of nitrogens with one attached hydrogen (secondary N) is 5. The summed E-state index contributed by atoms with van der Waals surface area (Å²) in [6.45, 7) is -0.244. The molecule has 1 aliphatic carbocycles. The molecule has 2 rings (SSSR count). The number of amides is 5. The molecule has 0 aromatic heterocycles. The molecule has 0 aliphatic heterocycles. The number of carbonyl (C=O) groups is 5.